The van der Waals surface area contributed by atoms with E-state index in [1.165, 1.54) is 18.6 Å². The fourth-order valence-electron chi connectivity index (χ4n) is 1.66. The maximum Gasteiger partial charge on any atom is 0.386 e. The topological polar surface area (TPSA) is 52.6 Å². The molecule has 0 aliphatic rings. The lowest BCUT2D eigenvalue weighted by Crippen LogP contribution is -2.11. The monoisotopic (exact) mass is 298 g/mol. The first-order chi connectivity index (χ1) is 9.63. The SMILES string of the molecule is CCCCCCCC(=O)OOC(=O)c1cccc(Cl)c1. The first-order valence-corrected chi connectivity index (χ1v) is 7.18. The van der Waals surface area contributed by atoms with E-state index in [1.54, 1.807) is 12.1 Å². The average Bonchev–Trinajstić information content (AvgIpc) is 2.44. The number of carbonyl (C=O) groups is 2. The van der Waals surface area contributed by atoms with Gasteiger partial charge >= 0.3 is 11.9 Å². The van der Waals surface area contributed by atoms with Gasteiger partial charge in [0.2, 0.25) is 0 Å². The van der Waals surface area contributed by atoms with Crippen LogP contribution in [0.1, 0.15) is 55.8 Å². The Kier molecular flexibility index (Phi) is 7.73. The molecule has 110 valence electrons. The highest BCUT2D eigenvalue weighted by Gasteiger charge is 2.12. The van der Waals surface area contributed by atoms with E-state index >= 15 is 0 Å². The zero-order valence-electron chi connectivity index (χ0n) is 11.6. The molecule has 0 spiro atoms. The molecular formula is C15H19ClO4. The van der Waals surface area contributed by atoms with Crippen LogP contribution in [-0.4, -0.2) is 11.9 Å². The van der Waals surface area contributed by atoms with Crippen LogP contribution in [0.5, 0.6) is 0 Å². The molecule has 0 atom stereocenters. The fourth-order valence-corrected chi connectivity index (χ4v) is 1.85. The van der Waals surface area contributed by atoms with Gasteiger partial charge in [0.15, 0.2) is 0 Å². The molecule has 1 aromatic rings. The van der Waals surface area contributed by atoms with Gasteiger partial charge in [-0.2, -0.15) is 0 Å². The molecule has 0 bridgehead atoms. The van der Waals surface area contributed by atoms with Crippen LogP contribution >= 0.6 is 11.6 Å². The minimum absolute atomic E-state index is 0.244. The first-order valence-electron chi connectivity index (χ1n) is 6.80. The maximum absolute atomic E-state index is 11.6. The highest BCUT2D eigenvalue weighted by molar-refractivity contribution is 6.30. The van der Waals surface area contributed by atoms with Crippen molar-refractivity contribution < 1.29 is 19.4 Å². The van der Waals surface area contributed by atoms with Crippen LogP contribution in [0.3, 0.4) is 0 Å². The van der Waals surface area contributed by atoms with E-state index in [-0.39, 0.29) is 12.0 Å². The zero-order chi connectivity index (χ0) is 14.8. The molecule has 1 aromatic carbocycles. The molecule has 0 unspecified atom stereocenters. The van der Waals surface area contributed by atoms with Crippen LogP contribution < -0.4 is 0 Å². The van der Waals surface area contributed by atoms with Gasteiger partial charge in [-0.1, -0.05) is 50.3 Å². The van der Waals surface area contributed by atoms with Crippen molar-refractivity contribution in [3.63, 3.8) is 0 Å². The van der Waals surface area contributed by atoms with Gasteiger partial charge < -0.3 is 0 Å². The Morgan fingerprint density at radius 1 is 1.10 bits per heavy atom. The predicted molar refractivity (Wildman–Crippen MR) is 76.3 cm³/mol. The molecule has 0 heterocycles. The van der Waals surface area contributed by atoms with E-state index in [4.69, 9.17) is 11.6 Å². The molecule has 5 heteroatoms. The summed E-state index contributed by atoms with van der Waals surface area (Å²) in [4.78, 5) is 31.9. The van der Waals surface area contributed by atoms with E-state index in [0.717, 1.165) is 25.7 Å². The van der Waals surface area contributed by atoms with Crippen LogP contribution in [0.4, 0.5) is 0 Å². The Bertz CT molecular complexity index is 445. The van der Waals surface area contributed by atoms with Gasteiger partial charge in [0.1, 0.15) is 0 Å². The second-order valence-electron chi connectivity index (χ2n) is 4.50. The lowest BCUT2D eigenvalue weighted by atomic mass is 10.1. The van der Waals surface area contributed by atoms with Crippen molar-refractivity contribution in [2.24, 2.45) is 0 Å². The molecule has 20 heavy (non-hydrogen) atoms. The largest absolute Gasteiger partial charge is 0.386 e. The normalized spacial score (nSPS) is 10.1. The van der Waals surface area contributed by atoms with Crippen LogP contribution in [0, 0.1) is 0 Å². The molecule has 0 aromatic heterocycles. The Balaban J connectivity index is 2.22. The molecule has 0 saturated heterocycles. The van der Waals surface area contributed by atoms with Gasteiger partial charge in [0.05, 0.1) is 12.0 Å². The summed E-state index contributed by atoms with van der Waals surface area (Å²) in [7, 11) is 0. The Hall–Kier alpha value is -1.55. The van der Waals surface area contributed by atoms with Gasteiger partial charge in [0.25, 0.3) is 0 Å². The summed E-state index contributed by atoms with van der Waals surface area (Å²) >= 11 is 5.75. The second kappa shape index (κ2) is 9.37. The van der Waals surface area contributed by atoms with Crippen molar-refractivity contribution in [3.8, 4) is 0 Å². The number of hydrogen-bond acceptors (Lipinski definition) is 4. The van der Waals surface area contributed by atoms with E-state index in [9.17, 15) is 9.59 Å². The van der Waals surface area contributed by atoms with Crippen molar-refractivity contribution in [2.45, 2.75) is 45.4 Å². The van der Waals surface area contributed by atoms with Gasteiger partial charge in [-0.3, -0.25) is 0 Å². The molecular weight excluding hydrogens is 280 g/mol. The molecule has 0 radical (unpaired) electrons. The number of rotatable bonds is 7. The number of unbranched alkanes of at least 4 members (excludes halogenated alkanes) is 4. The van der Waals surface area contributed by atoms with Crippen molar-refractivity contribution >= 4 is 23.5 Å². The Labute approximate surface area is 123 Å². The third-order valence-corrected chi connectivity index (χ3v) is 2.99. The van der Waals surface area contributed by atoms with E-state index in [1.807, 2.05) is 0 Å². The minimum atomic E-state index is -0.730. The van der Waals surface area contributed by atoms with Gasteiger partial charge in [-0.25, -0.2) is 19.4 Å². The van der Waals surface area contributed by atoms with E-state index < -0.39 is 11.9 Å². The summed E-state index contributed by atoms with van der Waals surface area (Å²) in [5.41, 5.74) is 0.244. The van der Waals surface area contributed by atoms with Crippen LogP contribution in [0.25, 0.3) is 0 Å². The fraction of sp³-hybridized carbons (Fsp3) is 0.467. The van der Waals surface area contributed by atoms with E-state index in [0.29, 0.717) is 5.02 Å². The third-order valence-electron chi connectivity index (χ3n) is 2.76. The summed E-state index contributed by atoms with van der Waals surface area (Å²) in [6, 6.07) is 6.24. The second-order valence-corrected chi connectivity index (χ2v) is 4.94. The number of hydrogen-bond donors (Lipinski definition) is 0. The van der Waals surface area contributed by atoms with Crippen molar-refractivity contribution in [3.05, 3.63) is 34.9 Å². The molecule has 0 aliphatic heterocycles. The third kappa shape index (κ3) is 6.57. The Morgan fingerprint density at radius 2 is 1.85 bits per heavy atom. The summed E-state index contributed by atoms with van der Waals surface area (Å²) in [6.07, 6.45) is 5.40. The van der Waals surface area contributed by atoms with Gasteiger partial charge in [-0.15, -0.1) is 0 Å². The standard InChI is InChI=1S/C15H19ClO4/c1-2-3-4-5-6-10-14(17)19-20-15(18)12-8-7-9-13(16)11-12/h7-9,11H,2-6,10H2,1H3. The van der Waals surface area contributed by atoms with Crippen LogP contribution in [0.15, 0.2) is 24.3 Å². The maximum atomic E-state index is 11.6. The first kappa shape index (κ1) is 16.5. The van der Waals surface area contributed by atoms with Gasteiger partial charge in [0, 0.05) is 5.02 Å². The molecule has 0 fully saturated rings. The highest BCUT2D eigenvalue weighted by atomic mass is 35.5. The summed E-state index contributed by atoms with van der Waals surface area (Å²) in [5.74, 6) is -1.26. The summed E-state index contributed by atoms with van der Waals surface area (Å²) in [6.45, 7) is 2.13. The van der Waals surface area contributed by atoms with E-state index in [2.05, 4.69) is 16.7 Å². The number of benzene rings is 1. The Morgan fingerprint density at radius 3 is 2.55 bits per heavy atom. The predicted octanol–water partition coefficient (Wildman–Crippen LogP) is 4.32. The van der Waals surface area contributed by atoms with Crippen molar-refractivity contribution in [1.29, 1.82) is 0 Å². The van der Waals surface area contributed by atoms with Crippen LogP contribution in [-0.2, 0) is 14.6 Å². The smallest absolute Gasteiger partial charge is 0.247 e. The lowest BCUT2D eigenvalue weighted by Gasteiger charge is -2.03. The molecule has 0 amide bonds. The highest BCUT2D eigenvalue weighted by Crippen LogP contribution is 2.12. The molecule has 1 rings (SSSR count). The molecule has 0 aliphatic carbocycles. The van der Waals surface area contributed by atoms with Crippen molar-refractivity contribution in [2.75, 3.05) is 0 Å². The quantitative estimate of drug-likeness (QED) is 0.427. The minimum Gasteiger partial charge on any atom is -0.247 e. The summed E-state index contributed by atoms with van der Waals surface area (Å²) < 4.78 is 0. The van der Waals surface area contributed by atoms with Crippen LogP contribution in [0.2, 0.25) is 5.02 Å². The molecule has 4 nitrogen and oxygen atoms in total. The number of carbonyl (C=O) groups excluding carboxylic acids is 2. The molecule has 0 N–H and O–H groups in total. The molecule has 0 saturated carbocycles. The van der Waals surface area contributed by atoms with Gasteiger partial charge in [-0.05, 0) is 24.6 Å². The van der Waals surface area contributed by atoms with Crippen molar-refractivity contribution in [1.82, 2.24) is 0 Å². The average molecular weight is 299 g/mol. The summed E-state index contributed by atoms with van der Waals surface area (Å²) in [5, 5.41) is 0.418. The lowest BCUT2D eigenvalue weighted by molar-refractivity contribution is -0.234. The number of halogens is 1. The zero-order valence-corrected chi connectivity index (χ0v) is 12.3.